The predicted molar refractivity (Wildman–Crippen MR) is 96.1 cm³/mol. The summed E-state index contributed by atoms with van der Waals surface area (Å²) in [4.78, 5) is 25.5. The minimum Gasteiger partial charge on any atom is -0.378 e. The van der Waals surface area contributed by atoms with E-state index >= 15 is 0 Å². The molecule has 3 amide bonds. The molecule has 0 aliphatic heterocycles. The van der Waals surface area contributed by atoms with Gasteiger partial charge in [0.25, 0.3) is 0 Å². The molecular weight excluding hydrogens is 304 g/mol. The number of anilines is 2. The van der Waals surface area contributed by atoms with Crippen LogP contribution in [-0.2, 0) is 11.3 Å². The van der Waals surface area contributed by atoms with Crippen molar-refractivity contribution in [2.75, 3.05) is 30.9 Å². The topological polar surface area (TPSA) is 73.5 Å². The van der Waals surface area contributed by atoms with Crippen molar-refractivity contribution in [2.45, 2.75) is 6.54 Å². The van der Waals surface area contributed by atoms with Gasteiger partial charge in [0.2, 0.25) is 5.91 Å². The first-order valence-corrected chi connectivity index (χ1v) is 7.67. The van der Waals surface area contributed by atoms with Crippen molar-refractivity contribution in [3.8, 4) is 0 Å². The Labute approximate surface area is 141 Å². The number of urea groups is 1. The van der Waals surface area contributed by atoms with Crippen LogP contribution in [0, 0.1) is 0 Å². The standard InChI is InChI=1S/C18H22N4O2/c1-22(2)16-10-8-14(9-11-16)12-19-17(23)13-20-18(24)21-15-6-4-3-5-7-15/h3-11H,12-13H2,1-2H3,(H,19,23)(H2,20,21,24). The fourth-order valence-corrected chi connectivity index (χ4v) is 2.03. The summed E-state index contributed by atoms with van der Waals surface area (Å²) >= 11 is 0. The Morgan fingerprint density at radius 1 is 0.917 bits per heavy atom. The van der Waals surface area contributed by atoms with Gasteiger partial charge >= 0.3 is 6.03 Å². The third kappa shape index (κ3) is 5.64. The number of nitrogens with one attached hydrogen (secondary N) is 3. The zero-order valence-corrected chi connectivity index (χ0v) is 13.9. The predicted octanol–water partition coefficient (Wildman–Crippen LogP) is 2.19. The minimum absolute atomic E-state index is 0.0750. The van der Waals surface area contributed by atoms with Crippen LogP contribution in [0.15, 0.2) is 54.6 Å². The number of hydrogen-bond acceptors (Lipinski definition) is 3. The zero-order valence-electron chi connectivity index (χ0n) is 13.9. The Morgan fingerprint density at radius 3 is 2.21 bits per heavy atom. The highest BCUT2D eigenvalue weighted by Crippen LogP contribution is 2.11. The van der Waals surface area contributed by atoms with Crippen molar-refractivity contribution in [1.82, 2.24) is 10.6 Å². The molecule has 2 rings (SSSR count). The van der Waals surface area contributed by atoms with Gasteiger partial charge in [0.1, 0.15) is 0 Å². The highest BCUT2D eigenvalue weighted by Gasteiger charge is 2.05. The molecule has 2 aromatic carbocycles. The second kappa shape index (κ2) is 8.57. The average Bonchev–Trinajstić information content (AvgIpc) is 2.59. The van der Waals surface area contributed by atoms with Gasteiger partial charge in [0, 0.05) is 32.0 Å². The SMILES string of the molecule is CN(C)c1ccc(CNC(=O)CNC(=O)Nc2ccccc2)cc1. The maximum atomic E-state index is 11.8. The first-order valence-electron chi connectivity index (χ1n) is 7.67. The van der Waals surface area contributed by atoms with E-state index in [1.165, 1.54) is 0 Å². The molecule has 0 saturated heterocycles. The quantitative estimate of drug-likeness (QED) is 0.762. The molecule has 0 aliphatic rings. The summed E-state index contributed by atoms with van der Waals surface area (Å²) in [6.07, 6.45) is 0. The van der Waals surface area contributed by atoms with Crippen LogP contribution in [0.1, 0.15) is 5.56 Å². The highest BCUT2D eigenvalue weighted by molar-refractivity contribution is 5.92. The van der Waals surface area contributed by atoms with Gasteiger partial charge in [-0.05, 0) is 29.8 Å². The molecule has 6 heteroatoms. The normalized spacial score (nSPS) is 9.92. The van der Waals surface area contributed by atoms with Crippen LogP contribution >= 0.6 is 0 Å². The Balaban J connectivity index is 1.70. The second-order valence-corrected chi connectivity index (χ2v) is 5.51. The molecule has 0 atom stereocenters. The van der Waals surface area contributed by atoms with Crippen molar-refractivity contribution < 1.29 is 9.59 Å². The van der Waals surface area contributed by atoms with Crippen LogP contribution < -0.4 is 20.9 Å². The Kier molecular flexibility index (Phi) is 6.19. The molecule has 0 heterocycles. The molecule has 0 unspecified atom stereocenters. The van der Waals surface area contributed by atoms with Gasteiger partial charge in [-0.15, -0.1) is 0 Å². The van der Waals surface area contributed by atoms with E-state index in [1.807, 2.05) is 61.5 Å². The highest BCUT2D eigenvalue weighted by atomic mass is 16.2. The van der Waals surface area contributed by atoms with E-state index < -0.39 is 6.03 Å². The van der Waals surface area contributed by atoms with E-state index in [0.717, 1.165) is 11.3 Å². The molecular formula is C18H22N4O2. The van der Waals surface area contributed by atoms with Gasteiger partial charge < -0.3 is 20.9 Å². The third-order valence-corrected chi connectivity index (χ3v) is 3.38. The fourth-order valence-electron chi connectivity index (χ4n) is 2.03. The molecule has 6 nitrogen and oxygen atoms in total. The smallest absolute Gasteiger partial charge is 0.319 e. The molecule has 0 bridgehead atoms. The number of hydrogen-bond donors (Lipinski definition) is 3. The van der Waals surface area contributed by atoms with Gasteiger partial charge in [-0.2, -0.15) is 0 Å². The molecule has 126 valence electrons. The molecule has 3 N–H and O–H groups in total. The van der Waals surface area contributed by atoms with E-state index in [4.69, 9.17) is 0 Å². The number of carbonyl (C=O) groups excluding carboxylic acids is 2. The number of carbonyl (C=O) groups is 2. The van der Waals surface area contributed by atoms with Crippen LogP contribution in [0.3, 0.4) is 0 Å². The summed E-state index contributed by atoms with van der Waals surface area (Å²) in [7, 11) is 3.95. The zero-order chi connectivity index (χ0) is 17.4. The van der Waals surface area contributed by atoms with Crippen LogP contribution in [-0.4, -0.2) is 32.6 Å². The van der Waals surface area contributed by atoms with E-state index in [9.17, 15) is 9.59 Å². The average molecular weight is 326 g/mol. The molecule has 0 radical (unpaired) electrons. The van der Waals surface area contributed by atoms with E-state index in [1.54, 1.807) is 12.1 Å². The van der Waals surface area contributed by atoms with Crippen molar-refractivity contribution in [3.05, 3.63) is 60.2 Å². The Hall–Kier alpha value is -3.02. The largest absolute Gasteiger partial charge is 0.378 e. The van der Waals surface area contributed by atoms with E-state index in [-0.39, 0.29) is 12.5 Å². The lowest BCUT2D eigenvalue weighted by Gasteiger charge is -2.13. The van der Waals surface area contributed by atoms with Crippen LogP contribution in [0.5, 0.6) is 0 Å². The van der Waals surface area contributed by atoms with E-state index in [2.05, 4.69) is 16.0 Å². The molecule has 0 aromatic heterocycles. The van der Waals surface area contributed by atoms with E-state index in [0.29, 0.717) is 12.2 Å². The lowest BCUT2D eigenvalue weighted by atomic mass is 10.2. The summed E-state index contributed by atoms with van der Waals surface area (Å²) in [5.74, 6) is -0.241. The first-order chi connectivity index (χ1) is 11.5. The summed E-state index contributed by atoms with van der Waals surface area (Å²) in [5, 5.41) is 7.95. The van der Waals surface area contributed by atoms with Crippen molar-refractivity contribution in [3.63, 3.8) is 0 Å². The summed E-state index contributed by atoms with van der Waals surface area (Å²) in [6.45, 7) is 0.350. The molecule has 0 fully saturated rings. The molecule has 0 aliphatic carbocycles. The monoisotopic (exact) mass is 326 g/mol. The lowest BCUT2D eigenvalue weighted by Crippen LogP contribution is -2.38. The van der Waals surface area contributed by atoms with Crippen LogP contribution in [0.2, 0.25) is 0 Å². The maximum absolute atomic E-state index is 11.8. The van der Waals surface area contributed by atoms with Crippen molar-refractivity contribution >= 4 is 23.3 Å². The van der Waals surface area contributed by atoms with Gasteiger partial charge in [0.15, 0.2) is 0 Å². The maximum Gasteiger partial charge on any atom is 0.319 e. The number of para-hydroxylation sites is 1. The van der Waals surface area contributed by atoms with Crippen LogP contribution in [0.25, 0.3) is 0 Å². The summed E-state index contributed by atoms with van der Waals surface area (Å²) < 4.78 is 0. The number of nitrogens with zero attached hydrogens (tertiary/aromatic N) is 1. The third-order valence-electron chi connectivity index (χ3n) is 3.38. The fraction of sp³-hybridized carbons (Fsp3) is 0.222. The molecule has 0 saturated carbocycles. The molecule has 0 spiro atoms. The van der Waals surface area contributed by atoms with Gasteiger partial charge in [-0.1, -0.05) is 30.3 Å². The van der Waals surface area contributed by atoms with Gasteiger partial charge in [-0.25, -0.2) is 4.79 Å². The second-order valence-electron chi connectivity index (χ2n) is 5.51. The van der Waals surface area contributed by atoms with Gasteiger partial charge in [0.05, 0.1) is 6.54 Å². The summed E-state index contributed by atoms with van der Waals surface area (Å²) in [5.41, 5.74) is 2.78. The molecule has 24 heavy (non-hydrogen) atoms. The number of rotatable bonds is 6. The molecule has 2 aromatic rings. The van der Waals surface area contributed by atoms with Crippen molar-refractivity contribution in [1.29, 1.82) is 0 Å². The van der Waals surface area contributed by atoms with Crippen molar-refractivity contribution in [2.24, 2.45) is 0 Å². The Morgan fingerprint density at radius 2 is 1.58 bits per heavy atom. The minimum atomic E-state index is -0.410. The van der Waals surface area contributed by atoms with Crippen LogP contribution in [0.4, 0.5) is 16.2 Å². The Bertz CT molecular complexity index is 669. The van der Waals surface area contributed by atoms with Gasteiger partial charge in [-0.3, -0.25) is 4.79 Å². The lowest BCUT2D eigenvalue weighted by molar-refractivity contribution is -0.120. The first kappa shape index (κ1) is 17.3. The number of amides is 3. The number of benzene rings is 2. The summed E-state index contributed by atoms with van der Waals surface area (Å²) in [6, 6.07) is 16.6.